The van der Waals surface area contributed by atoms with Crippen LogP contribution in [-0.4, -0.2) is 60.8 Å². The minimum Gasteiger partial charge on any atom is -0.507 e. The average molecular weight is 470 g/mol. The Labute approximate surface area is 199 Å². The molecule has 0 spiro atoms. The molecular formula is C26H31NO7. The molecule has 1 amide bonds. The molecule has 1 atom stereocenters. The van der Waals surface area contributed by atoms with Gasteiger partial charge >= 0.3 is 0 Å². The fourth-order valence-electron chi connectivity index (χ4n) is 3.90. The highest BCUT2D eigenvalue weighted by Crippen LogP contribution is 2.41. The van der Waals surface area contributed by atoms with E-state index in [1.807, 2.05) is 0 Å². The van der Waals surface area contributed by atoms with E-state index in [4.69, 9.17) is 14.2 Å². The van der Waals surface area contributed by atoms with Crippen molar-refractivity contribution in [3.05, 3.63) is 59.2 Å². The summed E-state index contributed by atoms with van der Waals surface area (Å²) < 4.78 is 16.0. The number of phenols is 1. The lowest BCUT2D eigenvalue weighted by atomic mass is 9.95. The van der Waals surface area contributed by atoms with Crippen LogP contribution in [0.3, 0.4) is 0 Å². The maximum Gasteiger partial charge on any atom is 0.295 e. The van der Waals surface area contributed by atoms with Gasteiger partial charge in [-0.1, -0.05) is 19.4 Å². The van der Waals surface area contributed by atoms with Crippen molar-refractivity contribution in [1.82, 2.24) is 4.90 Å². The second-order valence-corrected chi connectivity index (χ2v) is 8.00. The van der Waals surface area contributed by atoms with Gasteiger partial charge in [-0.05, 0) is 54.8 Å². The molecule has 8 heteroatoms. The predicted octanol–water partition coefficient (Wildman–Crippen LogP) is 4.04. The molecule has 0 saturated carbocycles. The quantitative estimate of drug-likeness (QED) is 0.221. The van der Waals surface area contributed by atoms with E-state index in [2.05, 4.69) is 6.92 Å². The number of carbonyl (C=O) groups is 2. The molecule has 1 fully saturated rings. The number of ketones is 1. The number of aliphatic hydroxyl groups excluding tert-OH is 1. The lowest BCUT2D eigenvalue weighted by Crippen LogP contribution is -2.31. The molecule has 1 unspecified atom stereocenters. The highest BCUT2D eigenvalue weighted by molar-refractivity contribution is 6.46. The van der Waals surface area contributed by atoms with Crippen LogP contribution >= 0.6 is 0 Å². The van der Waals surface area contributed by atoms with Gasteiger partial charge in [-0.2, -0.15) is 0 Å². The summed E-state index contributed by atoms with van der Waals surface area (Å²) in [6, 6.07) is 10.5. The first-order valence-electron chi connectivity index (χ1n) is 11.3. The Kier molecular flexibility index (Phi) is 8.54. The molecule has 2 N–H and O–H groups in total. The van der Waals surface area contributed by atoms with Crippen LogP contribution in [0.1, 0.15) is 43.4 Å². The normalized spacial score (nSPS) is 17.3. The summed E-state index contributed by atoms with van der Waals surface area (Å²) in [5.41, 5.74) is 0.913. The molecule has 0 aromatic heterocycles. The number of hydrogen-bond acceptors (Lipinski definition) is 7. The third-order valence-electron chi connectivity index (χ3n) is 5.70. The van der Waals surface area contributed by atoms with Gasteiger partial charge in [-0.15, -0.1) is 0 Å². The minimum atomic E-state index is -0.841. The highest BCUT2D eigenvalue weighted by Gasteiger charge is 2.46. The largest absolute Gasteiger partial charge is 0.507 e. The number of hydrogen-bond donors (Lipinski definition) is 2. The first kappa shape index (κ1) is 25.1. The van der Waals surface area contributed by atoms with Gasteiger partial charge in [0, 0.05) is 25.8 Å². The van der Waals surface area contributed by atoms with E-state index < -0.39 is 17.7 Å². The fraction of sp³-hybridized carbons (Fsp3) is 0.385. The zero-order valence-electron chi connectivity index (χ0n) is 19.7. The SMILES string of the molecule is CCCCOc1ccc(/C(O)=C2\C(=O)C(=O)N(CCCOC)C2c2ccc(O)c(OC)c2)cc1. The Morgan fingerprint density at radius 2 is 1.76 bits per heavy atom. The summed E-state index contributed by atoms with van der Waals surface area (Å²) in [4.78, 5) is 27.4. The molecule has 1 heterocycles. The number of unbranched alkanes of at least 4 members (excludes halogenated alkanes) is 1. The Morgan fingerprint density at radius 1 is 1.03 bits per heavy atom. The number of rotatable bonds is 11. The van der Waals surface area contributed by atoms with Gasteiger partial charge in [0.2, 0.25) is 0 Å². The second kappa shape index (κ2) is 11.6. The third-order valence-corrected chi connectivity index (χ3v) is 5.70. The number of carbonyl (C=O) groups excluding carboxylic acids is 2. The van der Waals surface area contributed by atoms with Crippen molar-refractivity contribution >= 4 is 17.4 Å². The zero-order valence-corrected chi connectivity index (χ0v) is 19.7. The molecule has 1 saturated heterocycles. The van der Waals surface area contributed by atoms with E-state index in [1.165, 1.54) is 18.1 Å². The van der Waals surface area contributed by atoms with Crippen molar-refractivity contribution in [3.8, 4) is 17.2 Å². The van der Waals surface area contributed by atoms with Crippen molar-refractivity contribution in [3.63, 3.8) is 0 Å². The molecule has 8 nitrogen and oxygen atoms in total. The fourth-order valence-corrected chi connectivity index (χ4v) is 3.90. The maximum absolute atomic E-state index is 13.1. The van der Waals surface area contributed by atoms with E-state index in [-0.39, 0.29) is 29.4 Å². The van der Waals surface area contributed by atoms with Crippen molar-refractivity contribution in [2.24, 2.45) is 0 Å². The molecule has 182 valence electrons. The Bertz CT molecular complexity index is 1050. The molecule has 3 rings (SSSR count). The Morgan fingerprint density at radius 3 is 2.41 bits per heavy atom. The van der Waals surface area contributed by atoms with Gasteiger partial charge in [0.1, 0.15) is 11.5 Å². The number of methoxy groups -OCH3 is 2. The molecular weight excluding hydrogens is 438 g/mol. The Balaban J connectivity index is 2.03. The smallest absolute Gasteiger partial charge is 0.295 e. The number of likely N-dealkylation sites (tertiary alicyclic amines) is 1. The monoisotopic (exact) mass is 469 g/mol. The van der Waals surface area contributed by atoms with Crippen LogP contribution in [0.5, 0.6) is 17.2 Å². The van der Waals surface area contributed by atoms with Crippen LogP contribution in [0.4, 0.5) is 0 Å². The molecule has 2 aromatic rings. The topological polar surface area (TPSA) is 106 Å². The lowest BCUT2D eigenvalue weighted by Gasteiger charge is -2.25. The maximum atomic E-state index is 13.1. The van der Waals surface area contributed by atoms with E-state index in [0.717, 1.165) is 12.8 Å². The molecule has 0 bridgehead atoms. The van der Waals surface area contributed by atoms with E-state index in [0.29, 0.717) is 36.5 Å². The summed E-state index contributed by atoms with van der Waals surface area (Å²) in [5.74, 6) is -0.950. The van der Waals surface area contributed by atoms with Gasteiger partial charge in [0.15, 0.2) is 11.5 Å². The van der Waals surface area contributed by atoms with Crippen LogP contribution in [0.15, 0.2) is 48.0 Å². The number of ether oxygens (including phenoxy) is 3. The van der Waals surface area contributed by atoms with Crippen molar-refractivity contribution in [2.45, 2.75) is 32.2 Å². The predicted molar refractivity (Wildman–Crippen MR) is 127 cm³/mol. The van der Waals surface area contributed by atoms with Gasteiger partial charge in [-0.25, -0.2) is 0 Å². The third kappa shape index (κ3) is 5.34. The Hall–Kier alpha value is -3.52. The number of Topliss-reactive ketones (excluding diaryl/α,β-unsaturated/α-hetero) is 1. The summed E-state index contributed by atoms with van der Waals surface area (Å²) in [6.07, 6.45) is 2.47. The minimum absolute atomic E-state index is 0.0187. The van der Waals surface area contributed by atoms with E-state index in [1.54, 1.807) is 43.5 Å². The second-order valence-electron chi connectivity index (χ2n) is 8.00. The van der Waals surface area contributed by atoms with Crippen molar-refractivity contribution in [2.75, 3.05) is 34.0 Å². The van der Waals surface area contributed by atoms with Gasteiger partial charge < -0.3 is 29.3 Å². The lowest BCUT2D eigenvalue weighted by molar-refractivity contribution is -0.140. The first-order chi connectivity index (χ1) is 16.4. The van der Waals surface area contributed by atoms with Crippen LogP contribution < -0.4 is 9.47 Å². The number of nitrogens with zero attached hydrogens (tertiary/aromatic N) is 1. The summed E-state index contributed by atoms with van der Waals surface area (Å²) in [7, 11) is 2.98. The van der Waals surface area contributed by atoms with E-state index in [9.17, 15) is 19.8 Å². The summed E-state index contributed by atoms with van der Waals surface area (Å²) >= 11 is 0. The standard InChI is InChI=1S/C26H31NO7/c1-4-5-15-34-19-10-7-17(8-11-19)24(29)22-23(18-9-12-20(28)21(16-18)33-3)27(13-6-14-32-2)26(31)25(22)30/h7-12,16,23,28-29H,4-6,13-15H2,1-3H3/b24-22+. The molecule has 2 aromatic carbocycles. The molecule has 0 radical (unpaired) electrons. The summed E-state index contributed by atoms with van der Waals surface area (Å²) in [6.45, 7) is 3.34. The number of benzene rings is 2. The van der Waals surface area contributed by atoms with Crippen molar-refractivity contribution in [1.29, 1.82) is 0 Å². The zero-order chi connectivity index (χ0) is 24.7. The number of amides is 1. The van der Waals surface area contributed by atoms with Gasteiger partial charge in [0.25, 0.3) is 11.7 Å². The van der Waals surface area contributed by atoms with Crippen molar-refractivity contribution < 1.29 is 34.0 Å². The van der Waals surface area contributed by atoms with Crippen LogP contribution in [0, 0.1) is 0 Å². The number of phenolic OH excluding ortho intramolecular Hbond substituents is 1. The molecule has 1 aliphatic heterocycles. The summed E-state index contributed by atoms with van der Waals surface area (Å²) in [5, 5.41) is 21.2. The highest BCUT2D eigenvalue weighted by atomic mass is 16.5. The average Bonchev–Trinajstić information content (AvgIpc) is 3.10. The molecule has 34 heavy (non-hydrogen) atoms. The van der Waals surface area contributed by atoms with Crippen LogP contribution in [0.2, 0.25) is 0 Å². The molecule has 1 aliphatic rings. The van der Waals surface area contributed by atoms with Gasteiger partial charge in [-0.3, -0.25) is 9.59 Å². The first-order valence-corrected chi connectivity index (χ1v) is 11.3. The van der Waals surface area contributed by atoms with E-state index >= 15 is 0 Å². The number of aromatic hydroxyl groups is 1. The number of aliphatic hydroxyl groups is 1. The molecule has 0 aliphatic carbocycles. The van der Waals surface area contributed by atoms with Gasteiger partial charge in [0.05, 0.1) is 25.3 Å². The van der Waals surface area contributed by atoms with Crippen LogP contribution in [-0.2, 0) is 14.3 Å². The van der Waals surface area contributed by atoms with Crippen LogP contribution in [0.25, 0.3) is 5.76 Å².